The lowest BCUT2D eigenvalue weighted by atomic mass is 10.0. The van der Waals surface area contributed by atoms with Crippen LogP contribution in [0.25, 0.3) is 0 Å². The van der Waals surface area contributed by atoms with Crippen LogP contribution in [-0.2, 0) is 16.1 Å². The predicted octanol–water partition coefficient (Wildman–Crippen LogP) is 4.05. The molecule has 170 valence electrons. The number of alkyl halides is 3. The number of aliphatic carboxylic acids is 1. The Hall–Kier alpha value is -2.17. The average molecular weight is 459 g/mol. The second-order valence-electron chi connectivity index (χ2n) is 7.15. The number of ether oxygens (including phenoxy) is 2. The number of carboxylic acid groups (broad SMARTS) is 1. The van der Waals surface area contributed by atoms with Crippen molar-refractivity contribution >= 4 is 17.7 Å². The Morgan fingerprint density at radius 2 is 2.03 bits per heavy atom. The number of carboxylic acids is 1. The van der Waals surface area contributed by atoms with E-state index >= 15 is 0 Å². The minimum absolute atomic E-state index is 0.221. The van der Waals surface area contributed by atoms with Crippen molar-refractivity contribution in [2.75, 3.05) is 32.1 Å². The highest BCUT2D eigenvalue weighted by atomic mass is 32.2. The Morgan fingerprint density at radius 1 is 1.32 bits per heavy atom. The van der Waals surface area contributed by atoms with Crippen molar-refractivity contribution in [1.82, 2.24) is 9.80 Å². The molecule has 0 spiro atoms. The van der Waals surface area contributed by atoms with Crippen LogP contribution in [0.3, 0.4) is 0 Å². The summed E-state index contributed by atoms with van der Waals surface area (Å²) in [5, 5.41) is 10.4. The van der Waals surface area contributed by atoms with E-state index in [1.165, 1.54) is 30.0 Å². The van der Waals surface area contributed by atoms with Gasteiger partial charge in [-0.15, -0.1) is 24.9 Å². The third-order valence-corrected chi connectivity index (χ3v) is 5.99. The molecule has 1 N–H and O–H groups in total. The van der Waals surface area contributed by atoms with Crippen molar-refractivity contribution in [1.29, 1.82) is 0 Å². The van der Waals surface area contributed by atoms with E-state index in [-0.39, 0.29) is 24.0 Å². The SMILES string of the molecule is CCSC1=C(C(=O)O)C(C)=CC(N2CCOCC2)N1Cc1cccc(OC(F)(F)F)c1. The smallest absolute Gasteiger partial charge is 0.478 e. The Kier molecular flexibility index (Phi) is 7.55. The summed E-state index contributed by atoms with van der Waals surface area (Å²) in [5.74, 6) is -0.670. The second kappa shape index (κ2) is 9.97. The number of halogens is 3. The first-order valence-corrected chi connectivity index (χ1v) is 10.9. The van der Waals surface area contributed by atoms with Crippen molar-refractivity contribution in [2.45, 2.75) is 32.9 Å². The van der Waals surface area contributed by atoms with Crippen molar-refractivity contribution in [2.24, 2.45) is 0 Å². The molecule has 2 heterocycles. The van der Waals surface area contributed by atoms with Gasteiger partial charge in [-0.3, -0.25) is 4.90 Å². The van der Waals surface area contributed by atoms with Gasteiger partial charge in [0, 0.05) is 19.6 Å². The predicted molar refractivity (Wildman–Crippen MR) is 111 cm³/mol. The number of thioether (sulfide) groups is 1. The summed E-state index contributed by atoms with van der Waals surface area (Å²) < 4.78 is 47.4. The zero-order valence-corrected chi connectivity index (χ0v) is 18.1. The summed E-state index contributed by atoms with van der Waals surface area (Å²) in [5.41, 5.74) is 1.48. The molecule has 2 aliphatic heterocycles. The minimum Gasteiger partial charge on any atom is -0.478 e. The fourth-order valence-electron chi connectivity index (χ4n) is 3.73. The molecule has 0 saturated carbocycles. The van der Waals surface area contributed by atoms with E-state index in [0.717, 1.165) is 0 Å². The summed E-state index contributed by atoms with van der Waals surface area (Å²) in [6, 6.07) is 5.79. The number of rotatable bonds is 7. The molecule has 0 bridgehead atoms. The van der Waals surface area contributed by atoms with Crippen LogP contribution in [0.1, 0.15) is 19.4 Å². The summed E-state index contributed by atoms with van der Waals surface area (Å²) in [7, 11) is 0. The Labute approximate surface area is 183 Å². The van der Waals surface area contributed by atoms with E-state index in [4.69, 9.17) is 4.74 Å². The molecule has 1 atom stereocenters. The Balaban J connectivity index is 1.98. The maximum atomic E-state index is 12.6. The maximum absolute atomic E-state index is 12.6. The van der Waals surface area contributed by atoms with Crippen molar-refractivity contribution in [3.63, 3.8) is 0 Å². The quantitative estimate of drug-likeness (QED) is 0.661. The molecule has 10 heteroatoms. The molecular formula is C21H25F3N2O4S. The van der Waals surface area contributed by atoms with Gasteiger partial charge >= 0.3 is 12.3 Å². The second-order valence-corrected chi connectivity index (χ2v) is 8.41. The summed E-state index contributed by atoms with van der Waals surface area (Å²) in [6.07, 6.45) is -3.10. The van der Waals surface area contributed by atoms with Gasteiger partial charge in [0.25, 0.3) is 0 Å². The van der Waals surface area contributed by atoms with E-state index in [0.29, 0.717) is 48.2 Å². The van der Waals surface area contributed by atoms with Crippen LogP contribution in [0, 0.1) is 0 Å². The van der Waals surface area contributed by atoms with E-state index in [1.54, 1.807) is 13.0 Å². The number of benzene rings is 1. The molecular weight excluding hydrogens is 433 g/mol. The van der Waals surface area contributed by atoms with Gasteiger partial charge in [-0.2, -0.15) is 0 Å². The first kappa shape index (κ1) is 23.5. The van der Waals surface area contributed by atoms with Gasteiger partial charge in [-0.25, -0.2) is 4.79 Å². The molecule has 1 saturated heterocycles. The van der Waals surface area contributed by atoms with Crippen molar-refractivity contribution in [3.8, 4) is 5.75 Å². The molecule has 6 nitrogen and oxygen atoms in total. The molecule has 1 fully saturated rings. The topological polar surface area (TPSA) is 62.2 Å². The van der Waals surface area contributed by atoms with Gasteiger partial charge in [0.1, 0.15) is 11.9 Å². The van der Waals surface area contributed by atoms with Gasteiger partial charge in [0.2, 0.25) is 0 Å². The third kappa shape index (κ3) is 5.96. The Morgan fingerprint density at radius 3 is 2.65 bits per heavy atom. The van der Waals surface area contributed by atoms with Gasteiger partial charge < -0.3 is 19.5 Å². The number of hydrogen-bond donors (Lipinski definition) is 1. The first-order valence-electron chi connectivity index (χ1n) is 9.92. The molecule has 3 rings (SSSR count). The van der Waals surface area contributed by atoms with Crippen LogP contribution in [0.4, 0.5) is 13.2 Å². The molecule has 0 aromatic heterocycles. The summed E-state index contributed by atoms with van der Waals surface area (Å²) >= 11 is 1.42. The highest BCUT2D eigenvalue weighted by Crippen LogP contribution is 2.37. The van der Waals surface area contributed by atoms with Crippen LogP contribution in [-0.4, -0.2) is 65.5 Å². The number of carbonyl (C=O) groups is 1. The van der Waals surface area contributed by atoms with Gasteiger partial charge in [0.15, 0.2) is 0 Å². The minimum atomic E-state index is -4.78. The lowest BCUT2D eigenvalue weighted by Crippen LogP contribution is -2.52. The summed E-state index contributed by atoms with van der Waals surface area (Å²) in [4.78, 5) is 16.2. The van der Waals surface area contributed by atoms with E-state index < -0.39 is 12.3 Å². The van der Waals surface area contributed by atoms with Gasteiger partial charge in [0.05, 0.1) is 23.8 Å². The number of nitrogens with zero attached hydrogens (tertiary/aromatic N) is 2. The van der Waals surface area contributed by atoms with E-state index in [9.17, 15) is 23.1 Å². The van der Waals surface area contributed by atoms with Crippen LogP contribution in [0.5, 0.6) is 5.75 Å². The van der Waals surface area contributed by atoms with Crippen LogP contribution in [0.2, 0.25) is 0 Å². The Bertz CT molecular complexity index is 866. The fraction of sp³-hybridized carbons (Fsp3) is 0.476. The van der Waals surface area contributed by atoms with Crippen LogP contribution >= 0.6 is 11.8 Å². The monoisotopic (exact) mass is 458 g/mol. The highest BCUT2D eigenvalue weighted by molar-refractivity contribution is 8.03. The molecule has 0 aliphatic carbocycles. The number of hydrogen-bond acceptors (Lipinski definition) is 6. The normalized spacial score (nSPS) is 20.6. The average Bonchev–Trinajstić information content (AvgIpc) is 2.69. The van der Waals surface area contributed by atoms with Crippen molar-refractivity contribution < 1.29 is 32.5 Å². The van der Waals surface area contributed by atoms with E-state index in [1.807, 2.05) is 17.9 Å². The van der Waals surface area contributed by atoms with E-state index in [2.05, 4.69) is 9.64 Å². The lowest BCUT2D eigenvalue weighted by molar-refractivity contribution is -0.274. The van der Waals surface area contributed by atoms with Crippen LogP contribution < -0.4 is 4.74 Å². The zero-order chi connectivity index (χ0) is 22.6. The van der Waals surface area contributed by atoms with Crippen LogP contribution in [0.15, 0.2) is 46.5 Å². The lowest BCUT2D eigenvalue weighted by Gasteiger charge is -2.44. The molecule has 2 aliphatic rings. The standard InChI is InChI=1S/C21H25F3N2O4S/c1-3-31-19-18(20(27)28)14(2)11-17(25-7-9-29-10-8-25)26(19)13-15-5-4-6-16(12-15)30-21(22,23)24/h4-6,11-12,17H,3,7-10,13H2,1-2H3,(H,27,28). The largest absolute Gasteiger partial charge is 0.573 e. The molecule has 1 aromatic carbocycles. The van der Waals surface area contributed by atoms with Gasteiger partial charge in [-0.1, -0.05) is 19.1 Å². The zero-order valence-electron chi connectivity index (χ0n) is 17.3. The first-order chi connectivity index (χ1) is 14.7. The maximum Gasteiger partial charge on any atom is 0.573 e. The summed E-state index contributed by atoms with van der Waals surface area (Å²) in [6.45, 7) is 6.44. The molecule has 1 unspecified atom stereocenters. The fourth-order valence-corrected chi connectivity index (χ4v) is 4.73. The van der Waals surface area contributed by atoms with Gasteiger partial charge in [-0.05, 0) is 42.0 Å². The molecule has 31 heavy (non-hydrogen) atoms. The molecule has 1 aromatic rings. The highest BCUT2D eigenvalue weighted by Gasteiger charge is 2.35. The van der Waals surface area contributed by atoms with Crippen molar-refractivity contribution in [3.05, 3.63) is 52.1 Å². The molecule has 0 radical (unpaired) electrons. The molecule has 0 amide bonds. The third-order valence-electron chi connectivity index (χ3n) is 4.99. The number of morpholine rings is 1.